The van der Waals surface area contributed by atoms with E-state index in [0.29, 0.717) is 5.28 Å². The van der Waals surface area contributed by atoms with Crippen molar-refractivity contribution in [3.63, 3.8) is 0 Å². The first-order valence-electron chi connectivity index (χ1n) is 6.33. The van der Waals surface area contributed by atoms with Crippen LogP contribution in [0.5, 0.6) is 0 Å². The van der Waals surface area contributed by atoms with Gasteiger partial charge in [-0.1, -0.05) is 12.8 Å². The van der Waals surface area contributed by atoms with Crippen LogP contribution in [-0.2, 0) is 13.1 Å². The van der Waals surface area contributed by atoms with Crippen molar-refractivity contribution in [1.29, 1.82) is 0 Å². The van der Waals surface area contributed by atoms with Crippen molar-refractivity contribution in [3.05, 3.63) is 16.5 Å². The fourth-order valence-corrected chi connectivity index (χ4v) is 2.93. The molecular formula is C12H17ClN4. The summed E-state index contributed by atoms with van der Waals surface area (Å²) in [6.45, 7) is 2.66. The molecule has 3 rings (SSSR count). The second kappa shape index (κ2) is 4.78. The minimum Gasteiger partial charge on any atom is -0.369 e. The Balaban J connectivity index is 1.73. The zero-order chi connectivity index (χ0) is 11.7. The minimum atomic E-state index is 0.348. The van der Waals surface area contributed by atoms with Crippen molar-refractivity contribution in [2.45, 2.75) is 38.8 Å². The average Bonchev–Trinajstić information content (AvgIpc) is 2.95. The molecule has 92 valence electrons. The Hall–Kier alpha value is -0.870. The molecule has 0 aromatic carbocycles. The van der Waals surface area contributed by atoms with Crippen LogP contribution in [0.15, 0.2) is 0 Å². The molecule has 1 aliphatic carbocycles. The Labute approximate surface area is 106 Å². The van der Waals surface area contributed by atoms with E-state index in [0.717, 1.165) is 37.1 Å². The number of nitrogens with zero attached hydrogens (tertiary/aromatic N) is 2. The summed E-state index contributed by atoms with van der Waals surface area (Å²) in [4.78, 5) is 8.55. The van der Waals surface area contributed by atoms with Crippen molar-refractivity contribution >= 4 is 17.4 Å². The number of rotatable bonds is 3. The van der Waals surface area contributed by atoms with E-state index in [-0.39, 0.29) is 0 Å². The summed E-state index contributed by atoms with van der Waals surface area (Å²) in [5.41, 5.74) is 2.23. The van der Waals surface area contributed by atoms with Crippen LogP contribution in [0.3, 0.4) is 0 Å². The minimum absolute atomic E-state index is 0.348. The van der Waals surface area contributed by atoms with Gasteiger partial charge in [0.1, 0.15) is 5.82 Å². The van der Waals surface area contributed by atoms with Crippen LogP contribution in [0, 0.1) is 5.92 Å². The highest BCUT2D eigenvalue weighted by Gasteiger charge is 2.20. The Morgan fingerprint density at radius 1 is 1.24 bits per heavy atom. The molecule has 1 aromatic rings. The van der Waals surface area contributed by atoms with Gasteiger partial charge in [0.05, 0.1) is 5.69 Å². The smallest absolute Gasteiger partial charge is 0.224 e. The van der Waals surface area contributed by atoms with Gasteiger partial charge in [-0.2, -0.15) is 0 Å². The second-order valence-corrected chi connectivity index (χ2v) is 5.24. The highest BCUT2D eigenvalue weighted by molar-refractivity contribution is 6.28. The number of aromatic nitrogens is 2. The normalized spacial score (nSPS) is 19.6. The number of halogens is 1. The molecule has 17 heavy (non-hydrogen) atoms. The maximum Gasteiger partial charge on any atom is 0.224 e. The van der Waals surface area contributed by atoms with Crippen LogP contribution in [0.1, 0.15) is 36.9 Å². The third kappa shape index (κ3) is 2.38. The van der Waals surface area contributed by atoms with Gasteiger partial charge >= 0.3 is 0 Å². The van der Waals surface area contributed by atoms with Gasteiger partial charge in [0.2, 0.25) is 5.28 Å². The predicted octanol–water partition coefficient (Wildman–Crippen LogP) is 2.34. The van der Waals surface area contributed by atoms with Crippen LogP contribution in [0.4, 0.5) is 5.82 Å². The summed E-state index contributed by atoms with van der Waals surface area (Å²) in [5.74, 6) is 1.73. The largest absolute Gasteiger partial charge is 0.369 e. The molecule has 0 atom stereocenters. The molecule has 5 heteroatoms. The first-order valence-corrected chi connectivity index (χ1v) is 6.70. The van der Waals surface area contributed by atoms with Crippen LogP contribution in [0.25, 0.3) is 0 Å². The van der Waals surface area contributed by atoms with Crippen LogP contribution in [0.2, 0.25) is 5.28 Å². The van der Waals surface area contributed by atoms with Gasteiger partial charge in [-0.05, 0) is 30.4 Å². The topological polar surface area (TPSA) is 49.8 Å². The van der Waals surface area contributed by atoms with Gasteiger partial charge in [-0.25, -0.2) is 9.97 Å². The lowest BCUT2D eigenvalue weighted by Crippen LogP contribution is -2.14. The van der Waals surface area contributed by atoms with E-state index < -0.39 is 0 Å². The molecule has 2 aliphatic rings. The monoisotopic (exact) mass is 252 g/mol. The molecule has 1 aliphatic heterocycles. The fourth-order valence-electron chi connectivity index (χ4n) is 2.74. The highest BCUT2D eigenvalue weighted by atomic mass is 35.5. The van der Waals surface area contributed by atoms with Crippen molar-refractivity contribution in [1.82, 2.24) is 15.3 Å². The zero-order valence-electron chi connectivity index (χ0n) is 9.80. The second-order valence-electron chi connectivity index (χ2n) is 4.90. The summed E-state index contributed by atoms with van der Waals surface area (Å²) in [7, 11) is 0. The van der Waals surface area contributed by atoms with Gasteiger partial charge < -0.3 is 10.6 Å². The molecular weight excluding hydrogens is 236 g/mol. The van der Waals surface area contributed by atoms with Gasteiger partial charge in [0.25, 0.3) is 0 Å². The van der Waals surface area contributed by atoms with E-state index >= 15 is 0 Å². The lowest BCUT2D eigenvalue weighted by Gasteiger charge is -2.13. The summed E-state index contributed by atoms with van der Waals surface area (Å²) in [6.07, 6.45) is 5.42. The molecule has 1 aromatic heterocycles. The van der Waals surface area contributed by atoms with Crippen LogP contribution >= 0.6 is 11.6 Å². The summed E-state index contributed by atoms with van der Waals surface area (Å²) in [6, 6.07) is 0. The summed E-state index contributed by atoms with van der Waals surface area (Å²) >= 11 is 5.93. The standard InChI is InChI=1S/C12H17ClN4/c13-12-16-10-7-14-6-9(10)11(17-12)15-5-8-3-1-2-4-8/h8,14H,1-7H2,(H,15,16,17). The molecule has 0 unspecified atom stereocenters. The lowest BCUT2D eigenvalue weighted by molar-refractivity contribution is 0.578. The number of fused-ring (bicyclic) bond motifs is 1. The summed E-state index contributed by atoms with van der Waals surface area (Å²) < 4.78 is 0. The molecule has 0 saturated heterocycles. The Kier molecular flexibility index (Phi) is 3.16. The van der Waals surface area contributed by atoms with Gasteiger partial charge in [0.15, 0.2) is 0 Å². The van der Waals surface area contributed by atoms with Crippen LogP contribution < -0.4 is 10.6 Å². The number of hydrogen-bond acceptors (Lipinski definition) is 4. The molecule has 4 nitrogen and oxygen atoms in total. The van der Waals surface area contributed by atoms with Crippen molar-refractivity contribution in [2.24, 2.45) is 5.92 Å². The average molecular weight is 253 g/mol. The molecule has 0 radical (unpaired) electrons. The molecule has 1 saturated carbocycles. The van der Waals surface area contributed by atoms with E-state index in [1.807, 2.05) is 0 Å². The molecule has 0 bridgehead atoms. The van der Waals surface area contributed by atoms with E-state index in [1.54, 1.807) is 0 Å². The third-order valence-electron chi connectivity index (χ3n) is 3.69. The predicted molar refractivity (Wildman–Crippen MR) is 68.0 cm³/mol. The fraction of sp³-hybridized carbons (Fsp3) is 0.667. The van der Waals surface area contributed by atoms with Crippen molar-refractivity contribution in [2.75, 3.05) is 11.9 Å². The highest BCUT2D eigenvalue weighted by Crippen LogP contribution is 2.27. The van der Waals surface area contributed by atoms with E-state index in [4.69, 9.17) is 11.6 Å². The molecule has 1 fully saturated rings. The molecule has 2 N–H and O–H groups in total. The Morgan fingerprint density at radius 3 is 2.88 bits per heavy atom. The van der Waals surface area contributed by atoms with Gasteiger partial charge in [-0.15, -0.1) is 0 Å². The first-order chi connectivity index (χ1) is 8.33. The van der Waals surface area contributed by atoms with Crippen molar-refractivity contribution < 1.29 is 0 Å². The quantitative estimate of drug-likeness (QED) is 0.811. The van der Waals surface area contributed by atoms with E-state index in [9.17, 15) is 0 Å². The van der Waals surface area contributed by atoms with Crippen LogP contribution in [-0.4, -0.2) is 16.5 Å². The number of nitrogens with one attached hydrogen (secondary N) is 2. The van der Waals surface area contributed by atoms with Gasteiger partial charge in [0, 0.05) is 25.2 Å². The maximum absolute atomic E-state index is 5.93. The van der Waals surface area contributed by atoms with Crippen molar-refractivity contribution in [3.8, 4) is 0 Å². The lowest BCUT2D eigenvalue weighted by atomic mass is 10.1. The SMILES string of the molecule is Clc1nc2c(c(NCC3CCCC3)n1)CNC2. The number of hydrogen-bond donors (Lipinski definition) is 2. The molecule has 0 spiro atoms. The van der Waals surface area contributed by atoms with Gasteiger partial charge in [-0.3, -0.25) is 0 Å². The number of anilines is 1. The third-order valence-corrected chi connectivity index (χ3v) is 3.86. The van der Waals surface area contributed by atoms with E-state index in [1.165, 1.54) is 31.2 Å². The molecule has 2 heterocycles. The maximum atomic E-state index is 5.93. The Bertz CT molecular complexity index is 415. The zero-order valence-corrected chi connectivity index (χ0v) is 10.6. The first kappa shape index (κ1) is 11.2. The summed E-state index contributed by atoms with van der Waals surface area (Å²) in [5, 5.41) is 7.08. The Morgan fingerprint density at radius 2 is 2.06 bits per heavy atom. The molecule has 0 amide bonds. The van der Waals surface area contributed by atoms with E-state index in [2.05, 4.69) is 20.6 Å².